The molecule has 0 atom stereocenters. The number of aliphatic hydroxyl groups is 1. The molecule has 0 fully saturated rings. The summed E-state index contributed by atoms with van der Waals surface area (Å²) in [5.74, 6) is 0. The zero-order valence-corrected chi connectivity index (χ0v) is 18.9. The third-order valence-corrected chi connectivity index (χ3v) is 0.512. The third-order valence-electron chi connectivity index (χ3n) is 0.512. The Bertz CT molecular complexity index is 97.7. The Hall–Kier alpha value is 4.98. The number of hydrogen-bond acceptors (Lipinski definition) is 5. The number of aliphatic hydroxyl groups excluding tert-OH is 1. The number of phosphoric acid groups is 1. The van der Waals surface area contributed by atoms with E-state index in [9.17, 15) is 0 Å². The molecule has 0 saturated carbocycles. The molecule has 13 heavy (non-hydrogen) atoms. The minimum Gasteiger partial charge on any atom is -0.822 e. The topological polar surface area (TPSA) is 106 Å². The van der Waals surface area contributed by atoms with Gasteiger partial charge in [-0.25, -0.2) is 0 Å². The summed E-state index contributed by atoms with van der Waals surface area (Å²) in [5, 5.41) is 8.07. The molecule has 0 amide bonds. The van der Waals surface area contributed by atoms with Crippen LogP contribution in [0.4, 0.5) is 0 Å². The second-order valence-electron chi connectivity index (χ2n) is 1.52. The van der Waals surface area contributed by atoms with Crippen molar-refractivity contribution in [2.75, 3.05) is 6.61 Å². The molecule has 64 valence electrons. The first-order chi connectivity index (χ1) is 4.41. The van der Waals surface area contributed by atoms with Gasteiger partial charge in [0.05, 0.1) is 0 Å². The average molecular weight is 286 g/mol. The van der Waals surface area contributed by atoms with Gasteiger partial charge in [-0.2, -0.15) is 7.82 Å². The van der Waals surface area contributed by atoms with Crippen LogP contribution in [0.25, 0.3) is 0 Å². The SMILES string of the molecule is CCCCO.O=P([O-])([O-])[O-].[K+].[K+].[K+]. The molecule has 0 bridgehead atoms. The molecule has 5 nitrogen and oxygen atoms in total. The van der Waals surface area contributed by atoms with Crippen molar-refractivity contribution in [2.45, 2.75) is 19.8 Å². The van der Waals surface area contributed by atoms with Gasteiger partial charge in [0.15, 0.2) is 0 Å². The summed E-state index contributed by atoms with van der Waals surface area (Å²) in [5.41, 5.74) is 0. The smallest absolute Gasteiger partial charge is 0.822 e. The molecule has 0 spiro atoms. The second-order valence-corrected chi connectivity index (χ2v) is 2.42. The molecule has 0 radical (unpaired) electrons. The Balaban J connectivity index is -0.0000000267. The van der Waals surface area contributed by atoms with Gasteiger partial charge in [0.25, 0.3) is 0 Å². The third kappa shape index (κ3) is 78.2. The van der Waals surface area contributed by atoms with Crippen LogP contribution in [0.1, 0.15) is 19.8 Å². The van der Waals surface area contributed by atoms with Gasteiger partial charge in [0.2, 0.25) is 0 Å². The molecule has 0 aliphatic rings. The van der Waals surface area contributed by atoms with Crippen LogP contribution in [-0.4, -0.2) is 11.7 Å². The molecule has 0 aromatic carbocycles. The molecule has 0 unspecified atom stereocenters. The van der Waals surface area contributed by atoms with E-state index in [1.54, 1.807) is 0 Å². The summed E-state index contributed by atoms with van der Waals surface area (Å²) in [4.78, 5) is 25.6. The maximum Gasteiger partial charge on any atom is 1.00 e. The molecule has 0 saturated heterocycles. The fourth-order valence-electron chi connectivity index (χ4n) is 0.158. The Morgan fingerprint density at radius 1 is 1.15 bits per heavy atom. The Kier molecular flexibility index (Phi) is 52.5. The molecule has 9 heteroatoms. The zero-order valence-electron chi connectivity index (χ0n) is 8.65. The van der Waals surface area contributed by atoms with Crippen molar-refractivity contribution >= 4 is 7.82 Å². The largest absolute Gasteiger partial charge is 1.00 e. The van der Waals surface area contributed by atoms with Crippen LogP contribution >= 0.6 is 7.82 Å². The van der Waals surface area contributed by atoms with Gasteiger partial charge in [-0.05, 0) is 6.42 Å². The Labute approximate surface area is 206 Å². The molecule has 0 aliphatic carbocycles. The van der Waals surface area contributed by atoms with E-state index in [1.807, 2.05) is 0 Å². The van der Waals surface area contributed by atoms with Crippen molar-refractivity contribution in [1.29, 1.82) is 0 Å². The Morgan fingerprint density at radius 3 is 1.38 bits per heavy atom. The van der Waals surface area contributed by atoms with Crippen LogP contribution < -0.4 is 169 Å². The molecule has 1 N–H and O–H groups in total. The predicted octanol–water partition coefficient (Wildman–Crippen LogP) is -11.0. The van der Waals surface area contributed by atoms with Crippen LogP contribution in [0.2, 0.25) is 0 Å². The van der Waals surface area contributed by atoms with Gasteiger partial charge >= 0.3 is 154 Å². The first-order valence-electron chi connectivity index (χ1n) is 2.75. The van der Waals surface area contributed by atoms with E-state index in [-0.39, 0.29) is 154 Å². The van der Waals surface area contributed by atoms with Crippen LogP contribution in [0.5, 0.6) is 0 Å². The van der Waals surface area contributed by atoms with E-state index >= 15 is 0 Å². The van der Waals surface area contributed by atoms with Gasteiger partial charge in [-0.3, -0.25) is 0 Å². The van der Waals surface area contributed by atoms with Gasteiger partial charge in [-0.1, -0.05) is 13.3 Å². The first-order valence-corrected chi connectivity index (χ1v) is 4.21. The maximum absolute atomic E-state index is 8.55. The standard InChI is InChI=1S/C4H10O.3K.H3O4P/c1-2-3-4-5;;;;1-5(2,3)4/h5H,2-4H2,1H3;;;;(H3,1,2,3,4)/q;3*+1;/p-3. The fourth-order valence-corrected chi connectivity index (χ4v) is 0.158. The summed E-state index contributed by atoms with van der Waals surface area (Å²) in [6.07, 6.45) is 2.04. The van der Waals surface area contributed by atoms with Gasteiger partial charge in [0, 0.05) is 6.61 Å². The second kappa shape index (κ2) is 22.2. The average Bonchev–Trinajstić information content (AvgIpc) is 1.63. The van der Waals surface area contributed by atoms with E-state index in [4.69, 9.17) is 24.4 Å². The molecule has 0 aliphatic heterocycles. The number of unbranched alkanes of at least 4 members (excludes halogenated alkanes) is 1. The minimum absolute atomic E-state index is 0. The Morgan fingerprint density at radius 2 is 1.38 bits per heavy atom. The molecular formula is C4H10K3O5P. The molecular weight excluding hydrogens is 276 g/mol. The van der Waals surface area contributed by atoms with Crippen LogP contribution in [0, 0.1) is 0 Å². The quantitative estimate of drug-likeness (QED) is 0.401. The summed E-state index contributed by atoms with van der Waals surface area (Å²) < 4.78 is 8.55. The zero-order chi connectivity index (χ0) is 8.62. The molecule has 0 aromatic heterocycles. The number of rotatable bonds is 2. The summed E-state index contributed by atoms with van der Waals surface area (Å²) in [7, 11) is -5.39. The molecule has 0 heterocycles. The first kappa shape index (κ1) is 30.8. The van der Waals surface area contributed by atoms with Crippen LogP contribution in [-0.2, 0) is 4.57 Å². The van der Waals surface area contributed by atoms with Crippen molar-refractivity contribution < 1.29 is 179 Å². The van der Waals surface area contributed by atoms with Crippen molar-refractivity contribution in [1.82, 2.24) is 0 Å². The van der Waals surface area contributed by atoms with Gasteiger partial charge < -0.3 is 24.4 Å². The summed E-state index contributed by atoms with van der Waals surface area (Å²) in [6, 6.07) is 0. The van der Waals surface area contributed by atoms with E-state index in [0.717, 1.165) is 12.8 Å². The van der Waals surface area contributed by atoms with Crippen molar-refractivity contribution in [3.63, 3.8) is 0 Å². The summed E-state index contributed by atoms with van der Waals surface area (Å²) in [6.45, 7) is 2.40. The number of hydrogen-bond donors (Lipinski definition) is 1. The van der Waals surface area contributed by atoms with E-state index in [0.29, 0.717) is 6.61 Å². The van der Waals surface area contributed by atoms with Crippen LogP contribution in [0.3, 0.4) is 0 Å². The monoisotopic (exact) mass is 286 g/mol. The van der Waals surface area contributed by atoms with Crippen molar-refractivity contribution in [2.24, 2.45) is 0 Å². The molecule has 0 rings (SSSR count). The molecule has 0 aromatic rings. The van der Waals surface area contributed by atoms with Gasteiger partial charge in [0.1, 0.15) is 0 Å². The van der Waals surface area contributed by atoms with Crippen LogP contribution in [0.15, 0.2) is 0 Å². The fraction of sp³-hybridized carbons (Fsp3) is 1.00. The van der Waals surface area contributed by atoms with Crippen molar-refractivity contribution in [3.05, 3.63) is 0 Å². The van der Waals surface area contributed by atoms with Gasteiger partial charge in [-0.15, -0.1) is 0 Å². The maximum atomic E-state index is 8.55. The van der Waals surface area contributed by atoms with Crippen molar-refractivity contribution in [3.8, 4) is 0 Å². The normalized spacial score (nSPS) is 7.77. The van der Waals surface area contributed by atoms with E-state index in [1.165, 1.54) is 0 Å². The van der Waals surface area contributed by atoms with E-state index in [2.05, 4.69) is 6.92 Å². The summed E-state index contributed by atoms with van der Waals surface area (Å²) >= 11 is 0. The predicted molar refractivity (Wildman–Crippen MR) is 29.6 cm³/mol. The minimum atomic E-state index is -5.39. The van der Waals surface area contributed by atoms with E-state index < -0.39 is 7.82 Å².